The van der Waals surface area contributed by atoms with Crippen LogP contribution in [-0.2, 0) is 26.2 Å². The summed E-state index contributed by atoms with van der Waals surface area (Å²) in [7, 11) is 3.51. The minimum Gasteiger partial charge on any atom is -0.352 e. The Labute approximate surface area is 253 Å². The number of hydrogen-bond acceptors (Lipinski definition) is 4. The van der Waals surface area contributed by atoms with E-state index in [9.17, 15) is 14.4 Å². The molecule has 0 saturated heterocycles. The molecule has 230 valence electrons. The van der Waals surface area contributed by atoms with Crippen LogP contribution >= 0.6 is 0 Å². The van der Waals surface area contributed by atoms with Crippen molar-refractivity contribution in [3.05, 3.63) is 83.4 Å². The molecule has 3 amide bonds. The van der Waals surface area contributed by atoms with Crippen molar-refractivity contribution in [2.45, 2.75) is 85.4 Å². The lowest BCUT2D eigenvalue weighted by Crippen LogP contribution is -2.61. The van der Waals surface area contributed by atoms with Crippen LogP contribution in [0, 0.1) is 11.3 Å². The normalized spacial score (nSPS) is 14.6. The molecule has 2 rings (SSSR count). The summed E-state index contributed by atoms with van der Waals surface area (Å²) in [5.41, 5.74) is 1.67. The number of carbonyl (C=O) groups excluding carboxylic acids is 3. The number of benzene rings is 2. The van der Waals surface area contributed by atoms with E-state index in [1.54, 1.807) is 25.9 Å². The average molecular weight is 577 g/mol. The minimum absolute atomic E-state index is 0.0457. The van der Waals surface area contributed by atoms with Crippen LogP contribution in [0.4, 0.5) is 0 Å². The molecule has 0 aliphatic heterocycles. The van der Waals surface area contributed by atoms with Crippen LogP contribution in [0.25, 0.3) is 0 Å². The number of carbonyl (C=O) groups is 3. The molecule has 0 saturated carbocycles. The van der Waals surface area contributed by atoms with Gasteiger partial charge in [0.25, 0.3) is 0 Å². The molecule has 3 N–H and O–H groups in total. The first-order chi connectivity index (χ1) is 19.6. The van der Waals surface area contributed by atoms with Gasteiger partial charge in [0.1, 0.15) is 6.04 Å². The Morgan fingerprint density at radius 1 is 0.881 bits per heavy atom. The summed E-state index contributed by atoms with van der Waals surface area (Å²) in [4.78, 5) is 42.3. The van der Waals surface area contributed by atoms with E-state index in [1.807, 2.05) is 115 Å². The Morgan fingerprint density at radius 2 is 1.43 bits per heavy atom. The second-order valence-corrected chi connectivity index (χ2v) is 13.1. The molecule has 3 atom stereocenters. The van der Waals surface area contributed by atoms with Crippen LogP contribution in [0.1, 0.15) is 66.5 Å². The average Bonchev–Trinajstić information content (AvgIpc) is 2.94. The van der Waals surface area contributed by atoms with Crippen LogP contribution in [0.3, 0.4) is 0 Å². The molecule has 0 heterocycles. The first kappa shape index (κ1) is 34.7. The third kappa shape index (κ3) is 9.28. The third-order valence-electron chi connectivity index (χ3n) is 7.99. The summed E-state index contributed by atoms with van der Waals surface area (Å²) < 4.78 is 0. The van der Waals surface area contributed by atoms with Gasteiger partial charge in [-0.15, -0.1) is 0 Å². The Morgan fingerprint density at radius 3 is 1.93 bits per heavy atom. The molecule has 0 spiro atoms. The fourth-order valence-corrected chi connectivity index (χ4v) is 5.27. The van der Waals surface area contributed by atoms with Gasteiger partial charge in [0, 0.05) is 24.6 Å². The molecular weight excluding hydrogens is 524 g/mol. The third-order valence-corrected chi connectivity index (χ3v) is 7.99. The standard InChI is InChI=1S/C35H52N4O3/c1-24(2)28(23-25(3)31(40)37-22-21-26-17-13-11-14-18-26)39(10)33(42)30(34(4,5)6)38-32(41)29(36-9)35(7,8)27-19-15-12-16-20-27/h11-20,23-24,28-30,36H,21-22H2,1-10H3,(H,37,40)(H,38,41)/b25-23+/t28-,29-,30-/m1/s1. The molecular formula is C35H52N4O3. The Balaban J connectivity index is 2.22. The van der Waals surface area contributed by atoms with Crippen molar-refractivity contribution in [1.29, 1.82) is 0 Å². The molecule has 0 aliphatic rings. The van der Waals surface area contributed by atoms with Crippen LogP contribution in [0.15, 0.2) is 72.3 Å². The maximum absolute atomic E-state index is 14.0. The van der Waals surface area contributed by atoms with Crippen LogP contribution < -0.4 is 16.0 Å². The number of nitrogens with zero attached hydrogens (tertiary/aromatic N) is 1. The van der Waals surface area contributed by atoms with Crippen LogP contribution in [-0.4, -0.2) is 61.4 Å². The number of likely N-dealkylation sites (N-methyl/N-ethyl adjacent to an activating group) is 2. The van der Waals surface area contributed by atoms with Crippen molar-refractivity contribution in [1.82, 2.24) is 20.9 Å². The zero-order valence-electron chi connectivity index (χ0n) is 27.2. The molecule has 0 radical (unpaired) electrons. The molecule has 42 heavy (non-hydrogen) atoms. The van der Waals surface area contributed by atoms with Crippen LogP contribution in [0.5, 0.6) is 0 Å². The van der Waals surface area contributed by atoms with E-state index in [2.05, 4.69) is 16.0 Å². The van der Waals surface area contributed by atoms with E-state index in [1.165, 1.54) is 0 Å². The van der Waals surface area contributed by atoms with Gasteiger partial charge in [-0.1, -0.05) is 115 Å². The predicted molar refractivity (Wildman–Crippen MR) is 172 cm³/mol. The second kappa shape index (κ2) is 15.1. The Hall–Kier alpha value is -3.45. The fourth-order valence-electron chi connectivity index (χ4n) is 5.27. The van der Waals surface area contributed by atoms with Gasteiger partial charge in [-0.3, -0.25) is 14.4 Å². The highest BCUT2D eigenvalue weighted by Crippen LogP contribution is 2.29. The molecule has 7 heteroatoms. The topological polar surface area (TPSA) is 90.5 Å². The maximum Gasteiger partial charge on any atom is 0.246 e. The summed E-state index contributed by atoms with van der Waals surface area (Å²) in [6.45, 7) is 16.2. The quantitative estimate of drug-likeness (QED) is 0.297. The highest BCUT2D eigenvalue weighted by Gasteiger charge is 2.41. The molecule has 0 fully saturated rings. The van der Waals surface area contributed by atoms with E-state index in [0.29, 0.717) is 12.1 Å². The zero-order valence-corrected chi connectivity index (χ0v) is 27.2. The molecule has 2 aromatic carbocycles. The minimum atomic E-state index is -0.771. The Bertz CT molecular complexity index is 1200. The van der Waals surface area contributed by atoms with E-state index >= 15 is 0 Å². The fraction of sp³-hybridized carbons (Fsp3) is 0.514. The van der Waals surface area contributed by atoms with Gasteiger partial charge in [0.2, 0.25) is 17.7 Å². The maximum atomic E-state index is 14.0. The van der Waals surface area contributed by atoms with E-state index in [0.717, 1.165) is 17.5 Å². The van der Waals surface area contributed by atoms with Gasteiger partial charge >= 0.3 is 0 Å². The van der Waals surface area contributed by atoms with Gasteiger partial charge in [0.05, 0.1) is 12.1 Å². The van der Waals surface area contributed by atoms with Crippen LogP contribution in [0.2, 0.25) is 0 Å². The first-order valence-corrected chi connectivity index (χ1v) is 14.9. The van der Waals surface area contributed by atoms with Crippen molar-refractivity contribution in [2.24, 2.45) is 11.3 Å². The van der Waals surface area contributed by atoms with Gasteiger partial charge < -0.3 is 20.9 Å². The summed E-state index contributed by atoms with van der Waals surface area (Å²) in [6, 6.07) is 18.2. The number of rotatable bonds is 13. The molecule has 2 aromatic rings. The van der Waals surface area contributed by atoms with E-state index < -0.39 is 22.9 Å². The van der Waals surface area contributed by atoms with Crippen molar-refractivity contribution in [2.75, 3.05) is 20.6 Å². The molecule has 0 aliphatic carbocycles. The molecule has 0 bridgehead atoms. The highest BCUT2D eigenvalue weighted by atomic mass is 16.2. The van der Waals surface area contributed by atoms with Crippen molar-refractivity contribution in [3.8, 4) is 0 Å². The summed E-state index contributed by atoms with van der Waals surface area (Å²) in [5.74, 6) is -0.545. The van der Waals surface area contributed by atoms with Crippen molar-refractivity contribution in [3.63, 3.8) is 0 Å². The Kier molecular flexibility index (Phi) is 12.5. The molecule has 0 aromatic heterocycles. The monoisotopic (exact) mass is 576 g/mol. The smallest absolute Gasteiger partial charge is 0.246 e. The van der Waals surface area contributed by atoms with E-state index in [-0.39, 0.29) is 29.7 Å². The molecule has 7 nitrogen and oxygen atoms in total. The van der Waals surface area contributed by atoms with Gasteiger partial charge in [-0.05, 0) is 42.9 Å². The second-order valence-electron chi connectivity index (χ2n) is 13.1. The lowest BCUT2D eigenvalue weighted by Gasteiger charge is -2.40. The predicted octanol–water partition coefficient (Wildman–Crippen LogP) is 4.87. The summed E-state index contributed by atoms with van der Waals surface area (Å²) >= 11 is 0. The molecule has 0 unspecified atom stereocenters. The van der Waals surface area contributed by atoms with Gasteiger partial charge in [-0.2, -0.15) is 0 Å². The number of amides is 3. The van der Waals surface area contributed by atoms with E-state index in [4.69, 9.17) is 0 Å². The highest BCUT2D eigenvalue weighted by molar-refractivity contribution is 5.93. The van der Waals surface area contributed by atoms with Crippen molar-refractivity contribution >= 4 is 17.7 Å². The lowest BCUT2D eigenvalue weighted by atomic mass is 9.76. The zero-order chi connectivity index (χ0) is 31.7. The largest absolute Gasteiger partial charge is 0.352 e. The lowest BCUT2D eigenvalue weighted by molar-refractivity contribution is -0.140. The number of hydrogen-bond donors (Lipinski definition) is 3. The number of nitrogens with one attached hydrogen (secondary N) is 3. The summed E-state index contributed by atoms with van der Waals surface area (Å²) in [6.07, 6.45) is 2.60. The van der Waals surface area contributed by atoms with Gasteiger partial charge in [0.15, 0.2) is 0 Å². The van der Waals surface area contributed by atoms with Crippen molar-refractivity contribution < 1.29 is 14.4 Å². The van der Waals surface area contributed by atoms with Gasteiger partial charge in [-0.25, -0.2) is 0 Å². The SMILES string of the molecule is CN[C@H](C(=O)N[C@H](C(=O)N(C)[C@H](/C=C(\C)C(=O)NCCc1ccccc1)C(C)C)C(C)(C)C)C(C)(C)c1ccccc1. The summed E-state index contributed by atoms with van der Waals surface area (Å²) in [5, 5.41) is 9.25. The first-order valence-electron chi connectivity index (χ1n) is 14.9.